The Bertz CT molecular complexity index is 1620. The molecule has 0 saturated heterocycles. The highest BCUT2D eigenvalue weighted by molar-refractivity contribution is 7.98. The van der Waals surface area contributed by atoms with E-state index >= 15 is 0 Å². The van der Waals surface area contributed by atoms with Crippen molar-refractivity contribution in [2.24, 2.45) is 0 Å². The summed E-state index contributed by atoms with van der Waals surface area (Å²) in [5.41, 5.74) is 7.49. The van der Waals surface area contributed by atoms with Gasteiger partial charge in [0.1, 0.15) is 11.6 Å². The van der Waals surface area contributed by atoms with Crippen LogP contribution in [0, 0.1) is 18.6 Å². The van der Waals surface area contributed by atoms with Gasteiger partial charge in [-0.2, -0.15) is 11.8 Å². The maximum absolute atomic E-state index is 14.3. The number of carbonyl (C=O) groups is 2. The second-order valence-electron chi connectivity index (χ2n) is 11.1. The summed E-state index contributed by atoms with van der Waals surface area (Å²) in [5, 5.41) is 14.5. The zero-order valence-electron chi connectivity index (χ0n) is 26.2. The van der Waals surface area contributed by atoms with Crippen LogP contribution in [0.5, 0.6) is 0 Å². The average molecular weight is 630 g/mol. The molecule has 0 aliphatic carbocycles. The third-order valence-corrected chi connectivity index (χ3v) is 8.56. The van der Waals surface area contributed by atoms with Gasteiger partial charge in [-0.05, 0) is 101 Å². The van der Waals surface area contributed by atoms with Crippen LogP contribution < -0.4 is 15.3 Å². The van der Waals surface area contributed by atoms with Gasteiger partial charge in [-0.15, -0.1) is 0 Å². The topological polar surface area (TPSA) is 72.5 Å². The van der Waals surface area contributed by atoms with Crippen LogP contribution in [0.25, 0.3) is 11.1 Å². The summed E-state index contributed by atoms with van der Waals surface area (Å²) >= 11 is 1.50. The highest BCUT2D eigenvalue weighted by Crippen LogP contribution is 2.33. The molecular formula is C37H39F2N2O3S-. The number of benzene rings is 4. The highest BCUT2D eigenvalue weighted by atomic mass is 32.2. The van der Waals surface area contributed by atoms with Gasteiger partial charge in [0.2, 0.25) is 0 Å². The van der Waals surface area contributed by atoms with E-state index in [1.807, 2.05) is 55.6 Å². The van der Waals surface area contributed by atoms with E-state index in [4.69, 9.17) is 0 Å². The molecule has 4 aromatic carbocycles. The molecule has 0 fully saturated rings. The smallest absolute Gasteiger partial charge is 0.252 e. The van der Waals surface area contributed by atoms with Crippen LogP contribution in [-0.2, 0) is 30.7 Å². The minimum absolute atomic E-state index is 0.249. The van der Waals surface area contributed by atoms with Crippen molar-refractivity contribution in [2.75, 3.05) is 16.9 Å². The van der Waals surface area contributed by atoms with E-state index in [-0.39, 0.29) is 13.0 Å². The molecule has 5 nitrogen and oxygen atoms in total. The van der Waals surface area contributed by atoms with Crippen LogP contribution in [0.1, 0.15) is 58.4 Å². The Morgan fingerprint density at radius 1 is 0.844 bits per heavy atom. The Labute approximate surface area is 268 Å². The number of para-hydroxylation sites is 1. The maximum atomic E-state index is 14.3. The molecule has 0 aliphatic heterocycles. The molecule has 0 spiro atoms. The lowest BCUT2D eigenvalue weighted by Gasteiger charge is -2.30. The van der Waals surface area contributed by atoms with Crippen LogP contribution in [-0.4, -0.2) is 29.9 Å². The number of hydrogen-bond acceptors (Lipinski definition) is 5. The van der Waals surface area contributed by atoms with Gasteiger partial charge >= 0.3 is 0 Å². The van der Waals surface area contributed by atoms with Crippen molar-refractivity contribution in [3.63, 3.8) is 0 Å². The third-order valence-electron chi connectivity index (χ3n) is 7.91. The van der Waals surface area contributed by atoms with Crippen molar-refractivity contribution < 1.29 is 23.5 Å². The maximum Gasteiger partial charge on any atom is 0.252 e. The summed E-state index contributed by atoms with van der Waals surface area (Å²) in [5.74, 6) is -2.51. The number of carboxylic acid groups (broad SMARTS) is 1. The highest BCUT2D eigenvalue weighted by Gasteiger charge is 2.21. The Balaban J connectivity index is 1.81. The first kappa shape index (κ1) is 33.7. The molecule has 0 aromatic heterocycles. The molecule has 236 valence electrons. The van der Waals surface area contributed by atoms with E-state index in [0.29, 0.717) is 29.0 Å². The van der Waals surface area contributed by atoms with Crippen LogP contribution in [0.15, 0.2) is 78.9 Å². The largest absolute Gasteiger partial charge is 0.548 e. The number of aliphatic carboxylic acids is 1. The van der Waals surface area contributed by atoms with Crippen molar-refractivity contribution in [1.29, 1.82) is 0 Å². The van der Waals surface area contributed by atoms with Crippen molar-refractivity contribution in [2.45, 2.75) is 59.2 Å². The predicted octanol–water partition coefficient (Wildman–Crippen LogP) is 6.87. The van der Waals surface area contributed by atoms with Crippen molar-refractivity contribution in [1.82, 2.24) is 5.32 Å². The second-order valence-corrected chi connectivity index (χ2v) is 12.1. The standard InChI is InChI=1S/C37H40F2N2O3S/c1-5-27-11-9-12-28(6-2)35(27)41(23-26-18-29(38)21-30(39)19-26)22-25-14-15-32(33(20-25)31-13-8-7-10-24(31)3)36(42)40-34(37(43)44)16-17-45-4/h7-15,18-21,34H,5-6,16-17,22-23H2,1-4H3,(H,40,42)(H,43,44)/p-1. The molecule has 0 saturated carbocycles. The molecule has 4 aromatic rings. The number of carboxylic acids is 1. The summed E-state index contributed by atoms with van der Waals surface area (Å²) in [7, 11) is 0. The molecule has 1 N–H and O–H groups in total. The average Bonchev–Trinajstić information content (AvgIpc) is 3.01. The molecular weight excluding hydrogens is 590 g/mol. The van der Waals surface area contributed by atoms with E-state index in [1.54, 1.807) is 6.07 Å². The Hall–Kier alpha value is -4.17. The van der Waals surface area contributed by atoms with Crippen molar-refractivity contribution in [3.8, 4) is 11.1 Å². The first-order valence-electron chi connectivity index (χ1n) is 15.1. The summed E-state index contributed by atoms with van der Waals surface area (Å²) in [4.78, 5) is 27.5. The monoisotopic (exact) mass is 629 g/mol. The van der Waals surface area contributed by atoms with Crippen molar-refractivity contribution in [3.05, 3.63) is 124 Å². The summed E-state index contributed by atoms with van der Waals surface area (Å²) < 4.78 is 28.5. The lowest BCUT2D eigenvalue weighted by Crippen LogP contribution is -2.48. The Morgan fingerprint density at radius 2 is 1.49 bits per heavy atom. The first-order chi connectivity index (χ1) is 21.6. The third kappa shape index (κ3) is 8.51. The molecule has 1 unspecified atom stereocenters. The van der Waals surface area contributed by atoms with Gasteiger partial charge in [-0.25, -0.2) is 8.78 Å². The lowest BCUT2D eigenvalue weighted by molar-refractivity contribution is -0.308. The van der Waals surface area contributed by atoms with Crippen molar-refractivity contribution >= 4 is 29.3 Å². The Morgan fingerprint density at radius 3 is 2.09 bits per heavy atom. The van der Waals surface area contributed by atoms with E-state index in [9.17, 15) is 23.5 Å². The van der Waals surface area contributed by atoms with Gasteiger partial charge in [0.25, 0.3) is 5.91 Å². The molecule has 4 rings (SSSR count). The number of halogens is 2. The number of rotatable bonds is 14. The quantitative estimate of drug-likeness (QED) is 0.165. The van der Waals surface area contributed by atoms with Crippen LogP contribution in [0.4, 0.5) is 14.5 Å². The minimum atomic E-state index is -1.32. The SMILES string of the molecule is CCc1cccc(CC)c1N(Cc1cc(F)cc(F)c1)Cc1ccc(C(=O)NC(CCSC)C(=O)[O-])c(-c2ccccc2C)c1. The van der Waals surface area contributed by atoms with Crippen LogP contribution in [0.2, 0.25) is 0 Å². The van der Waals surface area contributed by atoms with E-state index in [1.165, 1.54) is 23.9 Å². The number of amides is 1. The number of nitrogens with zero attached hydrogens (tertiary/aromatic N) is 1. The summed E-state index contributed by atoms with van der Waals surface area (Å²) in [6.45, 7) is 6.80. The van der Waals surface area contributed by atoms with Gasteiger partial charge < -0.3 is 20.1 Å². The van der Waals surface area contributed by atoms with Gasteiger partial charge in [-0.3, -0.25) is 4.79 Å². The van der Waals surface area contributed by atoms with Gasteiger partial charge in [-0.1, -0.05) is 62.4 Å². The van der Waals surface area contributed by atoms with Crippen LogP contribution in [0.3, 0.4) is 0 Å². The summed E-state index contributed by atoms with van der Waals surface area (Å²) in [6, 6.07) is 21.9. The first-order valence-corrected chi connectivity index (χ1v) is 16.5. The molecule has 0 aliphatic rings. The van der Waals surface area contributed by atoms with Crippen LogP contribution >= 0.6 is 11.8 Å². The van der Waals surface area contributed by atoms with E-state index in [0.717, 1.165) is 52.4 Å². The fraction of sp³-hybridized carbons (Fsp3) is 0.297. The number of carbonyl (C=O) groups excluding carboxylic acids is 2. The summed E-state index contributed by atoms with van der Waals surface area (Å²) in [6.07, 6.45) is 3.68. The van der Waals surface area contributed by atoms with Gasteiger partial charge in [0.05, 0.1) is 12.0 Å². The van der Waals surface area contributed by atoms with Gasteiger partial charge in [0.15, 0.2) is 0 Å². The zero-order chi connectivity index (χ0) is 32.5. The molecule has 45 heavy (non-hydrogen) atoms. The number of thioether (sulfide) groups is 1. The Kier molecular flexibility index (Phi) is 11.8. The minimum Gasteiger partial charge on any atom is -0.548 e. The fourth-order valence-electron chi connectivity index (χ4n) is 5.68. The molecule has 8 heteroatoms. The number of anilines is 1. The zero-order valence-corrected chi connectivity index (χ0v) is 27.0. The van der Waals surface area contributed by atoms with E-state index in [2.05, 4.69) is 36.2 Å². The number of aryl methyl sites for hydroxylation is 3. The molecule has 1 atom stereocenters. The fourth-order valence-corrected chi connectivity index (χ4v) is 6.16. The van der Waals surface area contributed by atoms with Gasteiger partial charge in [0, 0.05) is 30.4 Å². The number of hydrogen-bond donors (Lipinski definition) is 1. The van der Waals surface area contributed by atoms with E-state index < -0.39 is 29.6 Å². The molecule has 0 heterocycles. The molecule has 1 amide bonds. The number of nitrogens with one attached hydrogen (secondary N) is 1. The lowest BCUT2D eigenvalue weighted by atomic mass is 9.93. The predicted molar refractivity (Wildman–Crippen MR) is 177 cm³/mol. The molecule has 0 radical (unpaired) electrons. The molecule has 0 bridgehead atoms. The normalized spacial score (nSPS) is 11.7. The second kappa shape index (κ2) is 15.7.